The number of benzene rings is 3. The molecule has 34 heavy (non-hydrogen) atoms. The molecule has 0 aliphatic heterocycles. The molecule has 0 saturated heterocycles. The van der Waals surface area contributed by atoms with E-state index in [9.17, 15) is 17.6 Å². The fourth-order valence-electron chi connectivity index (χ4n) is 3.73. The molecule has 1 unspecified atom stereocenters. The Kier molecular flexibility index (Phi) is 6.61. The monoisotopic (exact) mass is 477 g/mol. The number of carbonyl (C=O) groups excluding carboxylic acids is 1. The first-order chi connectivity index (χ1) is 16.2. The fraction of sp³-hybridized carbons (Fsp3) is 0.154. The normalized spacial score (nSPS) is 12.3. The summed E-state index contributed by atoms with van der Waals surface area (Å²) >= 11 is 0. The zero-order valence-electron chi connectivity index (χ0n) is 18.8. The van der Waals surface area contributed by atoms with Crippen molar-refractivity contribution in [3.05, 3.63) is 113 Å². The predicted octanol–water partition coefficient (Wildman–Crippen LogP) is 4.78. The van der Waals surface area contributed by atoms with Gasteiger partial charge in [0, 0.05) is 16.8 Å². The largest absolute Gasteiger partial charge is 0.345 e. The van der Waals surface area contributed by atoms with Crippen molar-refractivity contribution in [2.24, 2.45) is 0 Å². The fourth-order valence-corrected chi connectivity index (χ4v) is 5.10. The maximum absolute atomic E-state index is 13.2. The van der Waals surface area contributed by atoms with Crippen LogP contribution in [0.2, 0.25) is 0 Å². The Morgan fingerprint density at radius 2 is 1.65 bits per heavy atom. The number of rotatable bonds is 7. The SMILES string of the molecule is Cc1c(C(C)NC(=O)c2ccc(CS(=O)(=O)c3ccccc3)cc2)cnn1-c1ccc(F)cc1. The van der Waals surface area contributed by atoms with E-state index in [1.54, 1.807) is 77.6 Å². The number of nitrogens with one attached hydrogen (secondary N) is 1. The number of aromatic nitrogens is 2. The van der Waals surface area contributed by atoms with Crippen LogP contribution in [0, 0.1) is 12.7 Å². The smallest absolute Gasteiger partial charge is 0.251 e. The van der Waals surface area contributed by atoms with E-state index in [2.05, 4.69) is 10.4 Å². The molecule has 0 aliphatic rings. The van der Waals surface area contributed by atoms with Crippen molar-refractivity contribution in [2.45, 2.75) is 30.5 Å². The van der Waals surface area contributed by atoms with Gasteiger partial charge in [0.15, 0.2) is 9.84 Å². The first-order valence-electron chi connectivity index (χ1n) is 10.7. The summed E-state index contributed by atoms with van der Waals surface area (Å²) in [5, 5.41) is 7.32. The minimum Gasteiger partial charge on any atom is -0.345 e. The molecule has 4 rings (SSSR count). The third-order valence-corrected chi connectivity index (χ3v) is 7.31. The van der Waals surface area contributed by atoms with E-state index in [1.165, 1.54) is 12.1 Å². The zero-order chi connectivity index (χ0) is 24.3. The van der Waals surface area contributed by atoms with Gasteiger partial charge >= 0.3 is 0 Å². The third kappa shape index (κ3) is 5.07. The number of halogens is 1. The molecule has 174 valence electrons. The molecular weight excluding hydrogens is 453 g/mol. The molecule has 1 heterocycles. The predicted molar refractivity (Wildman–Crippen MR) is 128 cm³/mol. The van der Waals surface area contributed by atoms with Crippen LogP contribution in [0.25, 0.3) is 5.69 Å². The summed E-state index contributed by atoms with van der Waals surface area (Å²) in [6, 6.07) is 20.5. The van der Waals surface area contributed by atoms with Gasteiger partial charge in [0.1, 0.15) is 5.82 Å². The number of nitrogens with zero attached hydrogens (tertiary/aromatic N) is 2. The van der Waals surface area contributed by atoms with Crippen molar-refractivity contribution in [2.75, 3.05) is 0 Å². The van der Waals surface area contributed by atoms with E-state index in [1.807, 2.05) is 13.8 Å². The Morgan fingerprint density at radius 3 is 2.29 bits per heavy atom. The summed E-state index contributed by atoms with van der Waals surface area (Å²) in [5.74, 6) is -0.742. The van der Waals surface area contributed by atoms with Gasteiger partial charge in [-0.05, 0) is 67.9 Å². The molecule has 0 radical (unpaired) electrons. The maximum atomic E-state index is 13.2. The lowest BCUT2D eigenvalue weighted by molar-refractivity contribution is 0.0940. The summed E-state index contributed by atoms with van der Waals surface area (Å²) in [4.78, 5) is 13.0. The lowest BCUT2D eigenvalue weighted by Gasteiger charge is -2.14. The van der Waals surface area contributed by atoms with Gasteiger partial charge in [-0.15, -0.1) is 0 Å². The number of hydrogen-bond acceptors (Lipinski definition) is 4. The van der Waals surface area contributed by atoms with Crippen molar-refractivity contribution < 1.29 is 17.6 Å². The van der Waals surface area contributed by atoms with Crippen molar-refractivity contribution in [3.63, 3.8) is 0 Å². The standard InChI is InChI=1S/C26H24FN3O3S/c1-18(25-16-28-30(19(25)2)23-14-12-22(27)13-15-23)29-26(31)21-10-8-20(9-11-21)17-34(32,33)24-6-4-3-5-7-24/h3-16,18H,17H2,1-2H3,(H,29,31). The summed E-state index contributed by atoms with van der Waals surface area (Å²) in [5.41, 5.74) is 3.43. The molecule has 1 aromatic heterocycles. The lowest BCUT2D eigenvalue weighted by atomic mass is 10.1. The van der Waals surface area contributed by atoms with E-state index in [4.69, 9.17) is 0 Å². The van der Waals surface area contributed by atoms with Crippen molar-refractivity contribution in [3.8, 4) is 5.69 Å². The molecule has 1 atom stereocenters. The molecule has 0 fully saturated rings. The summed E-state index contributed by atoms with van der Waals surface area (Å²) < 4.78 is 40.1. The van der Waals surface area contributed by atoms with Crippen LogP contribution in [0.3, 0.4) is 0 Å². The Bertz CT molecular complexity index is 1400. The van der Waals surface area contributed by atoms with E-state index in [-0.39, 0.29) is 28.4 Å². The first kappa shape index (κ1) is 23.4. The maximum Gasteiger partial charge on any atom is 0.251 e. The second-order valence-electron chi connectivity index (χ2n) is 8.04. The van der Waals surface area contributed by atoms with E-state index in [0.29, 0.717) is 11.1 Å². The van der Waals surface area contributed by atoms with Crippen molar-refractivity contribution >= 4 is 15.7 Å². The number of carbonyl (C=O) groups is 1. The lowest BCUT2D eigenvalue weighted by Crippen LogP contribution is -2.27. The number of amides is 1. The van der Waals surface area contributed by atoms with Gasteiger partial charge < -0.3 is 5.32 Å². The van der Waals surface area contributed by atoms with Crippen LogP contribution in [-0.4, -0.2) is 24.1 Å². The summed E-state index contributed by atoms with van der Waals surface area (Å²) in [6.45, 7) is 3.74. The van der Waals surface area contributed by atoms with Crippen LogP contribution in [0.1, 0.15) is 40.1 Å². The van der Waals surface area contributed by atoms with Gasteiger partial charge in [-0.3, -0.25) is 4.79 Å². The average Bonchev–Trinajstić information content (AvgIpc) is 3.21. The third-order valence-electron chi connectivity index (χ3n) is 5.61. The Labute approximate surface area is 198 Å². The van der Waals surface area contributed by atoms with Gasteiger partial charge in [-0.2, -0.15) is 5.10 Å². The first-order valence-corrected chi connectivity index (χ1v) is 12.4. The van der Waals surface area contributed by atoms with Crippen LogP contribution in [-0.2, 0) is 15.6 Å². The highest BCUT2D eigenvalue weighted by Crippen LogP contribution is 2.21. The van der Waals surface area contributed by atoms with Crippen molar-refractivity contribution in [1.29, 1.82) is 0 Å². The quantitative estimate of drug-likeness (QED) is 0.415. The molecule has 1 amide bonds. The van der Waals surface area contributed by atoms with Crippen molar-refractivity contribution in [1.82, 2.24) is 15.1 Å². The second-order valence-corrected chi connectivity index (χ2v) is 10.0. The van der Waals surface area contributed by atoms with Crippen LogP contribution in [0.5, 0.6) is 0 Å². The number of sulfone groups is 1. The molecule has 0 bridgehead atoms. The number of hydrogen-bond donors (Lipinski definition) is 1. The molecule has 4 aromatic rings. The highest BCUT2D eigenvalue weighted by molar-refractivity contribution is 7.90. The van der Waals surface area contributed by atoms with Crippen LogP contribution in [0.15, 0.2) is 90.0 Å². The molecular formula is C26H24FN3O3S. The van der Waals surface area contributed by atoms with E-state index in [0.717, 1.165) is 16.9 Å². The van der Waals surface area contributed by atoms with Gasteiger partial charge in [-0.25, -0.2) is 17.5 Å². The Morgan fingerprint density at radius 1 is 1.00 bits per heavy atom. The highest BCUT2D eigenvalue weighted by atomic mass is 32.2. The van der Waals surface area contributed by atoms with Gasteiger partial charge in [-0.1, -0.05) is 30.3 Å². The molecule has 8 heteroatoms. The topological polar surface area (TPSA) is 81.1 Å². The molecule has 0 saturated carbocycles. The van der Waals surface area contributed by atoms with E-state index < -0.39 is 9.84 Å². The van der Waals surface area contributed by atoms with Crippen LogP contribution >= 0.6 is 0 Å². The molecule has 6 nitrogen and oxygen atoms in total. The highest BCUT2D eigenvalue weighted by Gasteiger charge is 2.18. The molecule has 1 N–H and O–H groups in total. The molecule has 0 spiro atoms. The van der Waals surface area contributed by atoms with Gasteiger partial charge in [0.25, 0.3) is 5.91 Å². The Balaban J connectivity index is 1.43. The van der Waals surface area contributed by atoms with Crippen LogP contribution < -0.4 is 5.32 Å². The second kappa shape index (κ2) is 9.61. The minimum atomic E-state index is -3.46. The summed E-state index contributed by atoms with van der Waals surface area (Å²) in [6.07, 6.45) is 1.68. The van der Waals surface area contributed by atoms with Gasteiger partial charge in [0.05, 0.1) is 28.6 Å². The summed E-state index contributed by atoms with van der Waals surface area (Å²) in [7, 11) is -3.46. The van der Waals surface area contributed by atoms with Crippen LogP contribution in [0.4, 0.5) is 4.39 Å². The zero-order valence-corrected chi connectivity index (χ0v) is 19.6. The Hall–Kier alpha value is -3.78. The minimum absolute atomic E-state index is 0.142. The van der Waals surface area contributed by atoms with E-state index >= 15 is 0 Å². The molecule has 0 aliphatic carbocycles. The average molecular weight is 478 g/mol. The molecule has 3 aromatic carbocycles. The van der Waals surface area contributed by atoms with Gasteiger partial charge in [0.2, 0.25) is 0 Å².